The van der Waals surface area contributed by atoms with Crippen molar-refractivity contribution in [3.8, 4) is 0 Å². The van der Waals surface area contributed by atoms with Crippen molar-refractivity contribution in [1.29, 1.82) is 0 Å². The number of carbonyl (C=O) groups excluding carboxylic acids is 1. The highest BCUT2D eigenvalue weighted by atomic mass is 32.2. The first-order valence-electron chi connectivity index (χ1n) is 10.2. The molecule has 2 N–H and O–H groups in total. The molecule has 0 bridgehead atoms. The molecule has 1 atom stereocenters. The van der Waals surface area contributed by atoms with Crippen molar-refractivity contribution in [3.63, 3.8) is 0 Å². The maximum absolute atomic E-state index is 13.6. The van der Waals surface area contributed by atoms with Crippen LogP contribution < -0.4 is 5.32 Å². The molecule has 0 aromatic heterocycles. The lowest BCUT2D eigenvalue weighted by atomic mass is 10.0. The summed E-state index contributed by atoms with van der Waals surface area (Å²) in [5.41, 5.74) is 0.161. The Bertz CT molecular complexity index is 1050. The second-order valence-corrected chi connectivity index (χ2v) is 10.6. The molecule has 0 aliphatic heterocycles. The third kappa shape index (κ3) is 6.80. The van der Waals surface area contributed by atoms with Gasteiger partial charge in [0, 0.05) is 12.2 Å². The molecule has 0 radical (unpaired) electrons. The van der Waals surface area contributed by atoms with Gasteiger partial charge in [0.15, 0.2) is 0 Å². The number of rotatable bonds is 8. The van der Waals surface area contributed by atoms with Gasteiger partial charge < -0.3 is 9.84 Å². The summed E-state index contributed by atoms with van der Waals surface area (Å²) in [5.74, 6) is -1.71. The van der Waals surface area contributed by atoms with E-state index in [1.54, 1.807) is 65.0 Å². The summed E-state index contributed by atoms with van der Waals surface area (Å²) in [6, 6.07) is 13.2. The molecule has 174 valence electrons. The number of amides is 1. The molecular formula is C23H30N2O6S. The highest BCUT2D eigenvalue weighted by Crippen LogP contribution is 2.27. The number of nitrogens with one attached hydrogen (secondary N) is 1. The van der Waals surface area contributed by atoms with E-state index in [-0.39, 0.29) is 17.1 Å². The topological polar surface area (TPSA) is 113 Å². The quantitative estimate of drug-likeness (QED) is 0.604. The van der Waals surface area contributed by atoms with Gasteiger partial charge in [-0.3, -0.25) is 10.1 Å². The van der Waals surface area contributed by atoms with E-state index in [0.29, 0.717) is 5.56 Å². The molecule has 2 aromatic rings. The number of sulfonamides is 1. The predicted molar refractivity (Wildman–Crippen MR) is 122 cm³/mol. The summed E-state index contributed by atoms with van der Waals surface area (Å²) in [6.07, 6.45) is -0.723. The fourth-order valence-corrected chi connectivity index (χ4v) is 4.88. The second-order valence-electron chi connectivity index (χ2n) is 8.72. The monoisotopic (exact) mass is 462 g/mol. The molecular weight excluding hydrogens is 432 g/mol. The summed E-state index contributed by atoms with van der Waals surface area (Å²) in [5, 5.41) is 12.3. The first kappa shape index (κ1) is 25.4. The molecule has 32 heavy (non-hydrogen) atoms. The van der Waals surface area contributed by atoms with Crippen molar-refractivity contribution in [1.82, 2.24) is 4.31 Å². The van der Waals surface area contributed by atoms with E-state index in [2.05, 4.69) is 5.32 Å². The zero-order valence-corrected chi connectivity index (χ0v) is 19.7. The van der Waals surface area contributed by atoms with Crippen LogP contribution in [0.4, 0.5) is 10.5 Å². The van der Waals surface area contributed by atoms with Gasteiger partial charge in [0.05, 0.1) is 4.90 Å². The lowest BCUT2D eigenvalue weighted by molar-refractivity contribution is -0.143. The number of hydrogen-bond acceptors (Lipinski definition) is 5. The van der Waals surface area contributed by atoms with E-state index in [9.17, 15) is 23.1 Å². The van der Waals surface area contributed by atoms with E-state index >= 15 is 0 Å². The van der Waals surface area contributed by atoms with Crippen LogP contribution >= 0.6 is 0 Å². The summed E-state index contributed by atoms with van der Waals surface area (Å²) >= 11 is 0. The molecule has 0 heterocycles. The fraction of sp³-hybridized carbons (Fsp3) is 0.391. The van der Waals surface area contributed by atoms with Crippen molar-refractivity contribution in [2.45, 2.75) is 57.7 Å². The summed E-state index contributed by atoms with van der Waals surface area (Å²) in [4.78, 5) is 24.0. The van der Waals surface area contributed by atoms with E-state index in [1.165, 1.54) is 24.3 Å². The second kappa shape index (κ2) is 10.1. The Balaban J connectivity index is 2.45. The maximum Gasteiger partial charge on any atom is 0.412 e. The average Bonchev–Trinajstić information content (AvgIpc) is 2.66. The Morgan fingerprint density at radius 3 is 2.22 bits per heavy atom. The molecule has 0 fully saturated rings. The molecule has 2 aromatic carbocycles. The minimum Gasteiger partial charge on any atom is -0.480 e. The van der Waals surface area contributed by atoms with Gasteiger partial charge in [0.2, 0.25) is 10.0 Å². The van der Waals surface area contributed by atoms with Gasteiger partial charge in [-0.2, -0.15) is 4.31 Å². The number of benzene rings is 2. The Labute approximate surface area is 189 Å². The van der Waals surface area contributed by atoms with Gasteiger partial charge in [-0.15, -0.1) is 0 Å². The summed E-state index contributed by atoms with van der Waals surface area (Å²) < 4.78 is 33.3. The SMILES string of the molecule is CC(C)[C@@H](C(=O)O)N(Cc1ccccc1)S(=O)(=O)c1cccc(NC(=O)OC(C)(C)C)c1. The van der Waals surface area contributed by atoms with Crippen molar-refractivity contribution in [2.75, 3.05) is 5.32 Å². The van der Waals surface area contributed by atoms with Crippen LogP contribution in [0.1, 0.15) is 40.2 Å². The van der Waals surface area contributed by atoms with Gasteiger partial charge in [0.25, 0.3) is 0 Å². The Morgan fingerprint density at radius 1 is 1.06 bits per heavy atom. The Morgan fingerprint density at radius 2 is 1.69 bits per heavy atom. The van der Waals surface area contributed by atoms with Crippen LogP contribution in [0.2, 0.25) is 0 Å². The highest BCUT2D eigenvalue weighted by Gasteiger charge is 2.38. The Hall–Kier alpha value is -2.91. The minimum absolute atomic E-state index is 0.109. The van der Waals surface area contributed by atoms with Crippen LogP contribution in [0.5, 0.6) is 0 Å². The number of ether oxygens (including phenoxy) is 1. The van der Waals surface area contributed by atoms with Gasteiger partial charge in [-0.05, 0) is 50.5 Å². The molecule has 0 saturated carbocycles. The number of carboxylic acid groups (broad SMARTS) is 1. The molecule has 0 saturated heterocycles. The molecule has 0 aliphatic rings. The molecule has 9 heteroatoms. The van der Waals surface area contributed by atoms with Gasteiger partial charge >= 0.3 is 12.1 Å². The van der Waals surface area contributed by atoms with Crippen LogP contribution in [0.15, 0.2) is 59.5 Å². The molecule has 1 amide bonds. The van der Waals surface area contributed by atoms with Gasteiger partial charge in [-0.1, -0.05) is 50.2 Å². The lowest BCUT2D eigenvalue weighted by Crippen LogP contribution is -2.47. The van der Waals surface area contributed by atoms with Gasteiger partial charge in [-0.25, -0.2) is 13.2 Å². The number of hydrogen-bond donors (Lipinski definition) is 2. The molecule has 0 spiro atoms. The first-order chi connectivity index (χ1) is 14.8. The van der Waals surface area contributed by atoms with E-state index in [4.69, 9.17) is 4.74 Å². The molecule has 0 unspecified atom stereocenters. The minimum atomic E-state index is -4.22. The summed E-state index contributed by atoms with van der Waals surface area (Å²) in [7, 11) is -4.22. The number of anilines is 1. The van der Waals surface area contributed by atoms with Crippen LogP contribution in [-0.2, 0) is 26.1 Å². The average molecular weight is 463 g/mol. The molecule has 8 nitrogen and oxygen atoms in total. The third-order valence-electron chi connectivity index (χ3n) is 4.46. The molecule has 0 aliphatic carbocycles. The van der Waals surface area contributed by atoms with Crippen LogP contribution in [0.25, 0.3) is 0 Å². The number of carbonyl (C=O) groups is 2. The fourth-order valence-electron chi connectivity index (χ4n) is 3.13. The zero-order chi connectivity index (χ0) is 24.1. The van der Waals surface area contributed by atoms with Crippen LogP contribution in [-0.4, -0.2) is 41.5 Å². The third-order valence-corrected chi connectivity index (χ3v) is 6.29. The largest absolute Gasteiger partial charge is 0.480 e. The number of carboxylic acids is 1. The van der Waals surface area contributed by atoms with Crippen LogP contribution in [0, 0.1) is 5.92 Å². The van der Waals surface area contributed by atoms with Crippen molar-refractivity contribution in [3.05, 3.63) is 60.2 Å². The van der Waals surface area contributed by atoms with Crippen molar-refractivity contribution < 1.29 is 27.9 Å². The number of aliphatic carboxylic acids is 1. The summed E-state index contributed by atoms with van der Waals surface area (Å²) in [6.45, 7) is 8.36. The van der Waals surface area contributed by atoms with Gasteiger partial charge in [0.1, 0.15) is 11.6 Å². The molecule has 2 rings (SSSR count). The zero-order valence-electron chi connectivity index (χ0n) is 18.9. The maximum atomic E-state index is 13.6. The van der Waals surface area contributed by atoms with E-state index in [0.717, 1.165) is 4.31 Å². The van der Waals surface area contributed by atoms with Crippen molar-refractivity contribution in [2.24, 2.45) is 5.92 Å². The normalized spacial score (nSPS) is 13.1. The smallest absolute Gasteiger partial charge is 0.412 e. The predicted octanol–water partition coefficient (Wildman–Crippen LogP) is 4.33. The standard InChI is InChI=1S/C23H30N2O6S/c1-16(2)20(21(26)27)25(15-17-10-7-6-8-11-17)32(29,30)19-13-9-12-18(14-19)24-22(28)31-23(3,4)5/h6-14,16,20H,15H2,1-5H3,(H,24,28)(H,26,27)/t20-/m0/s1. The Kier molecular flexibility index (Phi) is 8.03. The van der Waals surface area contributed by atoms with E-state index < -0.39 is 39.6 Å². The lowest BCUT2D eigenvalue weighted by Gasteiger charge is -2.30. The highest BCUT2D eigenvalue weighted by molar-refractivity contribution is 7.89. The van der Waals surface area contributed by atoms with Crippen molar-refractivity contribution >= 4 is 27.8 Å². The number of nitrogens with zero attached hydrogens (tertiary/aromatic N) is 1. The van der Waals surface area contributed by atoms with Crippen LogP contribution in [0.3, 0.4) is 0 Å². The first-order valence-corrected chi connectivity index (χ1v) is 11.6. The van der Waals surface area contributed by atoms with E-state index in [1.807, 2.05) is 0 Å².